The van der Waals surface area contributed by atoms with Gasteiger partial charge in [-0.05, 0) is 51.0 Å². The number of carbonyl (C=O) groups is 1. The van der Waals surface area contributed by atoms with Crippen LogP contribution in [0.3, 0.4) is 0 Å². The Hall–Kier alpha value is -3.25. The second kappa shape index (κ2) is 8.24. The van der Waals surface area contributed by atoms with Gasteiger partial charge in [0, 0.05) is 16.5 Å². The highest BCUT2D eigenvalue weighted by molar-refractivity contribution is 7.14. The van der Waals surface area contributed by atoms with Crippen molar-refractivity contribution in [1.29, 1.82) is 0 Å². The van der Waals surface area contributed by atoms with Gasteiger partial charge in [0.2, 0.25) is 11.8 Å². The first-order valence-corrected chi connectivity index (χ1v) is 10.6. The molecule has 0 unspecified atom stereocenters. The Morgan fingerprint density at radius 3 is 2.43 bits per heavy atom. The van der Waals surface area contributed by atoms with Gasteiger partial charge in [-0.15, -0.1) is 11.3 Å². The Labute approximate surface area is 179 Å². The van der Waals surface area contributed by atoms with Crippen LogP contribution in [0.15, 0.2) is 52.3 Å². The first kappa shape index (κ1) is 20.0. The van der Waals surface area contributed by atoms with Crippen molar-refractivity contribution in [2.45, 2.75) is 34.1 Å². The van der Waals surface area contributed by atoms with E-state index in [0.29, 0.717) is 22.5 Å². The summed E-state index contributed by atoms with van der Waals surface area (Å²) in [5.41, 5.74) is 7.13. The molecule has 0 aliphatic heterocycles. The molecule has 2 aromatic heterocycles. The van der Waals surface area contributed by atoms with E-state index in [1.54, 1.807) is 0 Å². The minimum absolute atomic E-state index is 0.139. The maximum Gasteiger partial charge on any atom is 0.232 e. The van der Waals surface area contributed by atoms with Crippen LogP contribution in [-0.4, -0.2) is 15.9 Å². The molecule has 0 aliphatic carbocycles. The summed E-state index contributed by atoms with van der Waals surface area (Å²) in [6, 6.07) is 14.0. The van der Waals surface area contributed by atoms with Crippen molar-refractivity contribution in [2.75, 3.05) is 5.32 Å². The highest BCUT2D eigenvalue weighted by atomic mass is 32.1. The van der Waals surface area contributed by atoms with Crippen LogP contribution in [0.5, 0.6) is 0 Å². The van der Waals surface area contributed by atoms with E-state index in [9.17, 15) is 4.79 Å². The zero-order valence-electron chi connectivity index (χ0n) is 17.4. The minimum Gasteiger partial charge on any atom is -0.441 e. The van der Waals surface area contributed by atoms with Gasteiger partial charge in [-0.25, -0.2) is 9.97 Å². The van der Waals surface area contributed by atoms with Gasteiger partial charge in [0.25, 0.3) is 0 Å². The quantitative estimate of drug-likeness (QED) is 0.440. The average molecular weight is 418 g/mol. The van der Waals surface area contributed by atoms with E-state index >= 15 is 0 Å². The lowest BCUT2D eigenvalue weighted by Gasteiger charge is -2.08. The topological polar surface area (TPSA) is 68.0 Å². The van der Waals surface area contributed by atoms with Crippen molar-refractivity contribution in [3.63, 3.8) is 0 Å². The Kier molecular flexibility index (Phi) is 5.50. The fourth-order valence-electron chi connectivity index (χ4n) is 3.64. The molecule has 152 valence electrons. The Bertz CT molecular complexity index is 1190. The molecule has 0 atom stereocenters. The third kappa shape index (κ3) is 4.19. The highest BCUT2D eigenvalue weighted by Gasteiger charge is 2.16. The summed E-state index contributed by atoms with van der Waals surface area (Å²) in [6.07, 6.45) is 0.139. The van der Waals surface area contributed by atoms with Crippen molar-refractivity contribution in [2.24, 2.45) is 0 Å². The van der Waals surface area contributed by atoms with Crippen LogP contribution in [0.25, 0.3) is 22.7 Å². The summed E-state index contributed by atoms with van der Waals surface area (Å²) in [5, 5.41) is 5.46. The molecule has 0 saturated heterocycles. The number of anilines is 1. The molecule has 5 nitrogen and oxygen atoms in total. The molecular formula is C24H23N3O2S. The molecule has 0 aliphatic rings. The van der Waals surface area contributed by atoms with Crippen LogP contribution < -0.4 is 5.32 Å². The fraction of sp³-hybridized carbons (Fsp3) is 0.208. The largest absolute Gasteiger partial charge is 0.441 e. The predicted molar refractivity (Wildman–Crippen MR) is 121 cm³/mol. The second-order valence-corrected chi connectivity index (χ2v) is 8.28. The number of nitrogens with zero attached hydrogens (tertiary/aromatic N) is 2. The molecule has 0 radical (unpaired) electrons. The number of oxazole rings is 1. The Morgan fingerprint density at radius 1 is 1.03 bits per heavy atom. The maximum atomic E-state index is 12.6. The third-order valence-corrected chi connectivity index (χ3v) is 5.68. The van der Waals surface area contributed by atoms with Crippen molar-refractivity contribution in [1.82, 2.24) is 9.97 Å². The van der Waals surface area contributed by atoms with Gasteiger partial charge in [-0.2, -0.15) is 0 Å². The van der Waals surface area contributed by atoms with Gasteiger partial charge in [0.1, 0.15) is 5.76 Å². The molecule has 1 N–H and O–H groups in total. The molecule has 0 fully saturated rings. The number of aromatic nitrogens is 2. The van der Waals surface area contributed by atoms with E-state index in [4.69, 9.17) is 4.42 Å². The molecule has 2 aromatic carbocycles. The lowest BCUT2D eigenvalue weighted by Crippen LogP contribution is -2.15. The van der Waals surface area contributed by atoms with E-state index in [-0.39, 0.29) is 12.3 Å². The zero-order chi connectivity index (χ0) is 21.3. The van der Waals surface area contributed by atoms with Crippen LogP contribution in [0.1, 0.15) is 28.1 Å². The normalized spacial score (nSPS) is 10.9. The second-order valence-electron chi connectivity index (χ2n) is 7.42. The van der Waals surface area contributed by atoms with Crippen LogP contribution in [0, 0.1) is 27.7 Å². The van der Waals surface area contributed by atoms with Crippen LogP contribution in [0.4, 0.5) is 5.13 Å². The first-order chi connectivity index (χ1) is 14.4. The Morgan fingerprint density at radius 2 is 1.73 bits per heavy atom. The summed E-state index contributed by atoms with van der Waals surface area (Å²) in [6.45, 7) is 8.09. The average Bonchev–Trinajstić information content (AvgIpc) is 3.29. The Balaban J connectivity index is 1.48. The highest BCUT2D eigenvalue weighted by Crippen LogP contribution is 2.31. The third-order valence-electron chi connectivity index (χ3n) is 4.93. The number of amides is 1. The van der Waals surface area contributed by atoms with Gasteiger partial charge >= 0.3 is 0 Å². The van der Waals surface area contributed by atoms with Gasteiger partial charge in [-0.3, -0.25) is 4.79 Å². The smallest absolute Gasteiger partial charge is 0.232 e. The SMILES string of the molecule is Cc1cc(C)c(-c2csc(NC(=O)Cc3nc(-c4ccccc4)oc3C)n2)c(C)c1. The van der Waals surface area contributed by atoms with E-state index < -0.39 is 0 Å². The molecule has 0 saturated carbocycles. The lowest BCUT2D eigenvalue weighted by atomic mass is 9.98. The molecule has 4 aromatic rings. The van der Waals surface area contributed by atoms with E-state index in [2.05, 4.69) is 48.2 Å². The number of carbonyl (C=O) groups excluding carboxylic acids is 1. The van der Waals surface area contributed by atoms with Crippen LogP contribution >= 0.6 is 11.3 Å². The minimum atomic E-state index is -0.163. The van der Waals surface area contributed by atoms with Gasteiger partial charge < -0.3 is 9.73 Å². The van der Waals surface area contributed by atoms with Crippen molar-refractivity contribution < 1.29 is 9.21 Å². The van der Waals surface area contributed by atoms with Gasteiger partial charge in [0.05, 0.1) is 17.8 Å². The molecule has 0 spiro atoms. The van der Waals surface area contributed by atoms with Gasteiger partial charge in [-0.1, -0.05) is 35.9 Å². The standard InChI is InChI=1S/C24H23N3O2S/c1-14-10-15(2)22(16(3)11-14)20-13-30-24(26-20)27-21(28)12-19-17(4)29-23(25-19)18-8-6-5-7-9-18/h5-11,13H,12H2,1-4H3,(H,26,27,28). The van der Waals surface area contributed by atoms with Crippen LogP contribution in [-0.2, 0) is 11.2 Å². The van der Waals surface area contributed by atoms with E-state index in [1.165, 1.54) is 28.0 Å². The number of benzene rings is 2. The van der Waals surface area contributed by atoms with Crippen molar-refractivity contribution in [3.05, 3.63) is 76.0 Å². The van der Waals surface area contributed by atoms with Crippen molar-refractivity contribution in [3.8, 4) is 22.7 Å². The summed E-state index contributed by atoms with van der Waals surface area (Å²) in [4.78, 5) is 21.7. The number of aryl methyl sites for hydroxylation is 4. The van der Waals surface area contributed by atoms with Crippen LogP contribution in [0.2, 0.25) is 0 Å². The maximum absolute atomic E-state index is 12.6. The fourth-order valence-corrected chi connectivity index (χ4v) is 4.36. The number of nitrogens with one attached hydrogen (secondary N) is 1. The molecule has 1 amide bonds. The van der Waals surface area contributed by atoms with Crippen molar-refractivity contribution >= 4 is 22.4 Å². The number of hydrogen-bond donors (Lipinski definition) is 1. The predicted octanol–water partition coefficient (Wildman–Crippen LogP) is 5.88. The first-order valence-electron chi connectivity index (χ1n) is 9.76. The van der Waals surface area contributed by atoms with E-state index in [0.717, 1.165) is 16.8 Å². The lowest BCUT2D eigenvalue weighted by molar-refractivity contribution is -0.115. The van der Waals surface area contributed by atoms with E-state index in [1.807, 2.05) is 42.6 Å². The zero-order valence-corrected chi connectivity index (χ0v) is 18.3. The summed E-state index contributed by atoms with van der Waals surface area (Å²) in [7, 11) is 0. The molecule has 30 heavy (non-hydrogen) atoms. The summed E-state index contributed by atoms with van der Waals surface area (Å²) in [5.74, 6) is 1.01. The summed E-state index contributed by atoms with van der Waals surface area (Å²) < 4.78 is 5.75. The number of rotatable bonds is 5. The molecular weight excluding hydrogens is 394 g/mol. The summed E-state index contributed by atoms with van der Waals surface area (Å²) >= 11 is 1.42. The number of hydrogen-bond acceptors (Lipinski definition) is 5. The molecule has 6 heteroatoms. The van der Waals surface area contributed by atoms with Gasteiger partial charge in [0.15, 0.2) is 5.13 Å². The number of thiazole rings is 1. The monoisotopic (exact) mass is 417 g/mol. The molecule has 4 rings (SSSR count). The molecule has 0 bridgehead atoms. The molecule has 2 heterocycles.